The first-order chi connectivity index (χ1) is 14.4. The molecule has 0 unspecified atom stereocenters. The van der Waals surface area contributed by atoms with Crippen LogP contribution in [-0.2, 0) is 11.2 Å². The summed E-state index contributed by atoms with van der Waals surface area (Å²) in [5, 5.41) is 6.40. The van der Waals surface area contributed by atoms with Gasteiger partial charge in [0.25, 0.3) is 5.91 Å². The van der Waals surface area contributed by atoms with Gasteiger partial charge in [-0.25, -0.2) is 0 Å². The summed E-state index contributed by atoms with van der Waals surface area (Å²) in [6.07, 6.45) is 3.01. The molecule has 1 amide bonds. The third-order valence-electron chi connectivity index (χ3n) is 5.44. The van der Waals surface area contributed by atoms with E-state index in [-0.39, 0.29) is 11.4 Å². The van der Waals surface area contributed by atoms with Crippen molar-refractivity contribution in [2.75, 3.05) is 5.32 Å². The molecule has 0 radical (unpaired) electrons. The Morgan fingerprint density at radius 3 is 2.43 bits per heavy atom. The Hall–Kier alpha value is -2.92. The van der Waals surface area contributed by atoms with Gasteiger partial charge in [-0.3, -0.25) is 4.79 Å². The van der Waals surface area contributed by atoms with Crippen LogP contribution in [0.1, 0.15) is 35.0 Å². The van der Waals surface area contributed by atoms with Gasteiger partial charge in [-0.1, -0.05) is 48.5 Å². The van der Waals surface area contributed by atoms with Crippen LogP contribution in [0.15, 0.2) is 59.5 Å². The van der Waals surface area contributed by atoms with E-state index < -0.39 is 0 Å². The molecule has 30 heavy (non-hydrogen) atoms. The van der Waals surface area contributed by atoms with Crippen molar-refractivity contribution in [3.05, 3.63) is 87.6 Å². The number of benzene rings is 2. The topological polar surface area (TPSA) is 46.1 Å². The van der Waals surface area contributed by atoms with Gasteiger partial charge in [0.1, 0.15) is 0 Å². The summed E-state index contributed by atoms with van der Waals surface area (Å²) in [5.41, 5.74) is 7.86. The highest BCUT2D eigenvalue weighted by Crippen LogP contribution is 2.32. The minimum Gasteiger partial charge on any atom is -0.357 e. The van der Waals surface area contributed by atoms with Crippen molar-refractivity contribution in [2.45, 2.75) is 39.6 Å². The van der Waals surface area contributed by atoms with E-state index >= 15 is 0 Å². The molecule has 2 N–H and O–H groups in total. The first kappa shape index (κ1) is 20.4. The molecule has 1 fully saturated rings. The maximum Gasteiger partial charge on any atom is 0.260 e. The van der Waals surface area contributed by atoms with Crippen LogP contribution in [0.5, 0.6) is 0 Å². The second-order valence-corrected chi connectivity index (χ2v) is 8.82. The Kier molecular flexibility index (Phi) is 5.73. The zero-order valence-electron chi connectivity index (χ0n) is 17.8. The average molecular weight is 418 g/mol. The number of amides is 1. The maximum atomic E-state index is 12.5. The first-order valence-electron chi connectivity index (χ1n) is 10.3. The Bertz CT molecular complexity index is 1090. The average Bonchev–Trinajstić information content (AvgIpc) is 3.21. The van der Waals surface area contributed by atoms with E-state index in [4.69, 9.17) is 0 Å². The Morgan fingerprint density at radius 1 is 1.07 bits per heavy atom. The number of hydrogen-bond acceptors (Lipinski definition) is 3. The molecule has 154 valence electrons. The molecule has 2 heterocycles. The van der Waals surface area contributed by atoms with Gasteiger partial charge in [-0.15, -0.1) is 0 Å². The molecule has 0 bridgehead atoms. The molecule has 2 aromatic carbocycles. The first-order valence-corrected chi connectivity index (χ1v) is 11.1. The summed E-state index contributed by atoms with van der Waals surface area (Å²) in [7, 11) is 0. The summed E-state index contributed by atoms with van der Waals surface area (Å²) >= 11 is 1.52. The summed E-state index contributed by atoms with van der Waals surface area (Å²) in [5.74, 6) is -0.0391. The molecular formula is C25H27N3OS. The quantitative estimate of drug-likeness (QED) is 0.534. The van der Waals surface area contributed by atoms with Gasteiger partial charge in [0, 0.05) is 22.8 Å². The fraction of sp³-hybridized carbons (Fsp3) is 0.240. The molecule has 1 aliphatic rings. The normalized spacial score (nSPS) is 17.4. The van der Waals surface area contributed by atoms with Crippen LogP contribution in [0.2, 0.25) is 0 Å². The number of aromatic nitrogens is 1. The molecule has 4 rings (SSSR count). The summed E-state index contributed by atoms with van der Waals surface area (Å²) in [4.78, 5) is 13.3. The predicted octanol–water partition coefficient (Wildman–Crippen LogP) is 5.56. The smallest absolute Gasteiger partial charge is 0.260 e. The van der Waals surface area contributed by atoms with Gasteiger partial charge in [0.05, 0.1) is 4.91 Å². The lowest BCUT2D eigenvalue weighted by Crippen LogP contribution is -2.30. The molecule has 1 saturated heterocycles. The standard InChI is InChI=1S/C25H27N3OS/c1-5-19-8-10-21(11-9-19)26-25-27-24(29)23(30-25)15-20-14-17(3)28(18(20)4)22-12-6-16(2)7-13-22/h6-15,25-26H,5H2,1-4H3,(H,27,29)/b23-15+/t25-/m1/s1. The maximum absolute atomic E-state index is 12.5. The van der Waals surface area contributed by atoms with Crippen LogP contribution in [0.25, 0.3) is 11.8 Å². The third-order valence-corrected chi connectivity index (χ3v) is 6.47. The van der Waals surface area contributed by atoms with E-state index in [0.29, 0.717) is 0 Å². The Balaban J connectivity index is 1.54. The molecule has 5 heteroatoms. The third kappa shape index (κ3) is 4.17. The summed E-state index contributed by atoms with van der Waals surface area (Å²) in [6.45, 7) is 8.43. The van der Waals surface area contributed by atoms with Crippen LogP contribution < -0.4 is 10.6 Å². The van der Waals surface area contributed by atoms with Gasteiger partial charge in [0.15, 0.2) is 5.50 Å². The lowest BCUT2D eigenvalue weighted by atomic mass is 10.1. The summed E-state index contributed by atoms with van der Waals surface area (Å²) in [6, 6.07) is 19.0. The van der Waals surface area contributed by atoms with Crippen molar-refractivity contribution in [2.24, 2.45) is 0 Å². The number of nitrogens with zero attached hydrogens (tertiary/aromatic N) is 1. The van der Waals surface area contributed by atoms with E-state index in [1.54, 1.807) is 0 Å². The van der Waals surface area contributed by atoms with E-state index in [9.17, 15) is 4.79 Å². The lowest BCUT2D eigenvalue weighted by Gasteiger charge is -2.12. The highest BCUT2D eigenvalue weighted by Gasteiger charge is 2.27. The fourth-order valence-corrected chi connectivity index (χ4v) is 4.70. The van der Waals surface area contributed by atoms with Gasteiger partial charge >= 0.3 is 0 Å². The molecule has 0 saturated carbocycles. The number of carbonyl (C=O) groups excluding carboxylic acids is 1. The fourth-order valence-electron chi connectivity index (χ4n) is 3.72. The van der Waals surface area contributed by atoms with Gasteiger partial charge in [-0.2, -0.15) is 0 Å². The molecule has 0 aliphatic carbocycles. The zero-order valence-corrected chi connectivity index (χ0v) is 18.6. The highest BCUT2D eigenvalue weighted by molar-refractivity contribution is 8.05. The monoisotopic (exact) mass is 417 g/mol. The van der Waals surface area contributed by atoms with Crippen molar-refractivity contribution < 1.29 is 4.79 Å². The van der Waals surface area contributed by atoms with E-state index in [0.717, 1.165) is 39.7 Å². The molecular weight excluding hydrogens is 390 g/mol. The van der Waals surface area contributed by atoms with Crippen molar-refractivity contribution >= 4 is 29.4 Å². The molecule has 0 spiro atoms. The minimum absolute atomic E-state index is 0.0391. The number of carbonyl (C=O) groups is 1. The molecule has 1 aliphatic heterocycles. The Labute approximate surface area is 182 Å². The number of anilines is 1. The summed E-state index contributed by atoms with van der Waals surface area (Å²) < 4.78 is 2.23. The number of rotatable bonds is 5. The van der Waals surface area contributed by atoms with Crippen LogP contribution in [-0.4, -0.2) is 16.0 Å². The van der Waals surface area contributed by atoms with E-state index in [2.05, 4.69) is 97.5 Å². The number of nitrogens with one attached hydrogen (secondary N) is 2. The lowest BCUT2D eigenvalue weighted by molar-refractivity contribution is -0.116. The number of aryl methyl sites for hydroxylation is 3. The van der Waals surface area contributed by atoms with Crippen LogP contribution in [0, 0.1) is 20.8 Å². The Morgan fingerprint density at radius 2 is 1.77 bits per heavy atom. The van der Waals surface area contributed by atoms with Crippen molar-refractivity contribution in [1.82, 2.24) is 9.88 Å². The SMILES string of the molecule is CCc1ccc(N[C@@H]2NC(=O)/C(=C\c3cc(C)n(-c4ccc(C)cc4)c3C)S2)cc1. The number of thioether (sulfide) groups is 1. The number of hydrogen-bond donors (Lipinski definition) is 2. The molecule has 4 nitrogen and oxygen atoms in total. The molecule has 1 aromatic heterocycles. The van der Waals surface area contributed by atoms with Crippen LogP contribution in [0.4, 0.5) is 5.69 Å². The van der Waals surface area contributed by atoms with Gasteiger partial charge in [0.2, 0.25) is 0 Å². The van der Waals surface area contributed by atoms with Crippen LogP contribution in [0.3, 0.4) is 0 Å². The minimum atomic E-state index is -0.170. The van der Waals surface area contributed by atoms with Gasteiger partial charge < -0.3 is 15.2 Å². The van der Waals surface area contributed by atoms with Crippen molar-refractivity contribution in [1.29, 1.82) is 0 Å². The van der Waals surface area contributed by atoms with Crippen molar-refractivity contribution in [3.63, 3.8) is 0 Å². The highest BCUT2D eigenvalue weighted by atomic mass is 32.2. The van der Waals surface area contributed by atoms with Crippen LogP contribution >= 0.6 is 11.8 Å². The van der Waals surface area contributed by atoms with E-state index in [1.807, 2.05) is 6.08 Å². The molecule has 3 aromatic rings. The largest absolute Gasteiger partial charge is 0.357 e. The van der Waals surface area contributed by atoms with Gasteiger partial charge in [-0.05, 0) is 74.7 Å². The zero-order chi connectivity index (χ0) is 21.3. The molecule has 1 atom stereocenters. The predicted molar refractivity (Wildman–Crippen MR) is 127 cm³/mol. The second kappa shape index (κ2) is 8.44. The van der Waals surface area contributed by atoms with Crippen molar-refractivity contribution in [3.8, 4) is 5.69 Å². The second-order valence-electron chi connectivity index (χ2n) is 7.67. The van der Waals surface area contributed by atoms with E-state index in [1.165, 1.54) is 22.9 Å².